The van der Waals surface area contributed by atoms with Crippen molar-refractivity contribution in [1.82, 2.24) is 4.90 Å². The number of nitrogens with zero attached hydrogens (tertiary/aromatic N) is 2. The van der Waals surface area contributed by atoms with Gasteiger partial charge in [0.1, 0.15) is 5.75 Å². The predicted molar refractivity (Wildman–Crippen MR) is 117 cm³/mol. The summed E-state index contributed by atoms with van der Waals surface area (Å²) in [6.07, 6.45) is 3.08. The van der Waals surface area contributed by atoms with Gasteiger partial charge in [-0.3, -0.25) is 9.69 Å². The third-order valence-corrected chi connectivity index (χ3v) is 5.82. The Morgan fingerprint density at radius 3 is 2.62 bits per heavy atom. The molecule has 2 aromatic rings. The molecule has 6 heteroatoms. The molecule has 0 spiro atoms. The standard InChI is InChI=1S/C23H29ClN2O3/c1-29-22-7-3-6-21(17-22)26-13-9-20(10-14-26)25(15-11-23(27)28)12-8-18-4-2-5-19(24)16-18/h2-7,16-17,20H,8-15H2,1H3,(H,27,28). The van der Waals surface area contributed by atoms with Crippen molar-refractivity contribution in [3.63, 3.8) is 0 Å². The van der Waals surface area contributed by atoms with Crippen molar-refractivity contribution in [2.24, 2.45) is 0 Å². The average Bonchev–Trinajstić information content (AvgIpc) is 2.74. The molecule has 0 unspecified atom stereocenters. The molecule has 1 N–H and O–H groups in total. The summed E-state index contributed by atoms with van der Waals surface area (Å²) in [5, 5.41) is 9.90. The van der Waals surface area contributed by atoms with Crippen LogP contribution in [0.2, 0.25) is 5.02 Å². The molecular weight excluding hydrogens is 388 g/mol. The van der Waals surface area contributed by atoms with Crippen LogP contribution in [0.15, 0.2) is 48.5 Å². The fraction of sp³-hybridized carbons (Fsp3) is 0.435. The van der Waals surface area contributed by atoms with E-state index in [9.17, 15) is 4.79 Å². The number of methoxy groups -OCH3 is 1. The summed E-state index contributed by atoms with van der Waals surface area (Å²) >= 11 is 6.10. The number of carboxylic acid groups (broad SMARTS) is 1. The minimum absolute atomic E-state index is 0.172. The second-order valence-corrected chi connectivity index (χ2v) is 7.92. The number of carbonyl (C=O) groups is 1. The number of aliphatic carboxylic acids is 1. The van der Waals surface area contributed by atoms with E-state index in [1.807, 2.05) is 30.3 Å². The molecule has 0 atom stereocenters. The van der Waals surface area contributed by atoms with Crippen LogP contribution in [-0.2, 0) is 11.2 Å². The Hall–Kier alpha value is -2.24. The quantitative estimate of drug-likeness (QED) is 0.659. The van der Waals surface area contributed by atoms with Crippen LogP contribution in [0.25, 0.3) is 0 Å². The first-order valence-corrected chi connectivity index (χ1v) is 10.5. The van der Waals surface area contributed by atoms with Crippen molar-refractivity contribution < 1.29 is 14.6 Å². The maximum Gasteiger partial charge on any atom is 0.304 e. The lowest BCUT2D eigenvalue weighted by Gasteiger charge is -2.39. The van der Waals surface area contributed by atoms with Crippen molar-refractivity contribution in [2.45, 2.75) is 31.7 Å². The number of anilines is 1. The van der Waals surface area contributed by atoms with Gasteiger partial charge in [0, 0.05) is 49.0 Å². The van der Waals surface area contributed by atoms with Crippen molar-refractivity contribution >= 4 is 23.3 Å². The topological polar surface area (TPSA) is 53.0 Å². The van der Waals surface area contributed by atoms with Crippen LogP contribution in [-0.4, -0.2) is 55.3 Å². The Morgan fingerprint density at radius 2 is 1.93 bits per heavy atom. The van der Waals surface area contributed by atoms with Gasteiger partial charge >= 0.3 is 5.97 Å². The summed E-state index contributed by atoms with van der Waals surface area (Å²) < 4.78 is 5.34. The highest BCUT2D eigenvalue weighted by molar-refractivity contribution is 6.30. The summed E-state index contributed by atoms with van der Waals surface area (Å²) in [5.41, 5.74) is 2.37. The monoisotopic (exact) mass is 416 g/mol. The molecule has 1 fully saturated rings. The van der Waals surface area contributed by atoms with E-state index in [2.05, 4.69) is 28.0 Å². The molecule has 156 valence electrons. The summed E-state index contributed by atoms with van der Waals surface area (Å²) in [6, 6.07) is 16.5. The normalized spacial score (nSPS) is 14.9. The minimum Gasteiger partial charge on any atom is -0.497 e. The van der Waals surface area contributed by atoms with Crippen LogP contribution in [0.3, 0.4) is 0 Å². The van der Waals surface area contributed by atoms with E-state index < -0.39 is 5.97 Å². The molecule has 0 amide bonds. The van der Waals surface area contributed by atoms with Crippen LogP contribution >= 0.6 is 11.6 Å². The zero-order valence-corrected chi connectivity index (χ0v) is 17.6. The van der Waals surface area contributed by atoms with E-state index >= 15 is 0 Å². The van der Waals surface area contributed by atoms with Gasteiger partial charge in [-0.15, -0.1) is 0 Å². The summed E-state index contributed by atoms with van der Waals surface area (Å²) in [7, 11) is 1.69. The van der Waals surface area contributed by atoms with Crippen LogP contribution in [0.4, 0.5) is 5.69 Å². The molecule has 0 bridgehead atoms. The van der Waals surface area contributed by atoms with Crippen LogP contribution in [0.5, 0.6) is 5.75 Å². The lowest BCUT2D eigenvalue weighted by atomic mass is 10.0. The molecule has 3 rings (SSSR count). The zero-order chi connectivity index (χ0) is 20.6. The fourth-order valence-corrected chi connectivity index (χ4v) is 4.19. The van der Waals surface area contributed by atoms with E-state index in [4.69, 9.17) is 21.4 Å². The number of rotatable bonds is 9. The van der Waals surface area contributed by atoms with E-state index in [0.29, 0.717) is 12.6 Å². The summed E-state index contributed by atoms with van der Waals surface area (Å²) in [5.74, 6) is 0.126. The molecule has 0 saturated carbocycles. The molecular formula is C23H29ClN2O3. The van der Waals surface area contributed by atoms with Crippen molar-refractivity contribution in [3.8, 4) is 5.75 Å². The Kier molecular flexibility index (Phi) is 7.78. The first-order chi connectivity index (χ1) is 14.0. The number of carboxylic acids is 1. The van der Waals surface area contributed by atoms with E-state index in [1.54, 1.807) is 7.11 Å². The first kappa shape index (κ1) is 21.5. The van der Waals surface area contributed by atoms with Gasteiger partial charge in [0.05, 0.1) is 13.5 Å². The molecule has 1 saturated heterocycles. The van der Waals surface area contributed by atoms with Crippen molar-refractivity contribution in [1.29, 1.82) is 0 Å². The van der Waals surface area contributed by atoms with Crippen molar-refractivity contribution in [2.75, 3.05) is 38.2 Å². The lowest BCUT2D eigenvalue weighted by Crippen LogP contribution is -2.46. The third kappa shape index (κ3) is 6.38. The molecule has 1 aliphatic heterocycles. The second kappa shape index (κ2) is 10.5. The molecule has 29 heavy (non-hydrogen) atoms. The van der Waals surface area contributed by atoms with Gasteiger partial charge < -0.3 is 14.7 Å². The highest BCUT2D eigenvalue weighted by Gasteiger charge is 2.25. The number of halogens is 1. The van der Waals surface area contributed by atoms with Gasteiger partial charge in [0.25, 0.3) is 0 Å². The van der Waals surface area contributed by atoms with E-state index in [1.165, 1.54) is 11.3 Å². The van der Waals surface area contributed by atoms with Gasteiger partial charge in [0.2, 0.25) is 0 Å². The highest BCUT2D eigenvalue weighted by atomic mass is 35.5. The number of hydrogen-bond acceptors (Lipinski definition) is 4. The van der Waals surface area contributed by atoms with Gasteiger partial charge in [-0.25, -0.2) is 0 Å². The number of piperidine rings is 1. The molecule has 0 aliphatic carbocycles. The van der Waals surface area contributed by atoms with Crippen molar-refractivity contribution in [3.05, 3.63) is 59.1 Å². The molecule has 0 aromatic heterocycles. The summed E-state index contributed by atoms with van der Waals surface area (Å²) in [6.45, 7) is 3.34. The Labute approximate surface area is 177 Å². The number of benzene rings is 2. The van der Waals surface area contributed by atoms with E-state index in [-0.39, 0.29) is 6.42 Å². The van der Waals surface area contributed by atoms with Gasteiger partial charge in [-0.05, 0) is 49.1 Å². The van der Waals surface area contributed by atoms with Gasteiger partial charge in [-0.2, -0.15) is 0 Å². The number of hydrogen-bond donors (Lipinski definition) is 1. The first-order valence-electron chi connectivity index (χ1n) is 10.1. The zero-order valence-electron chi connectivity index (χ0n) is 16.9. The SMILES string of the molecule is COc1cccc(N2CCC(N(CCC(=O)O)CCc3cccc(Cl)c3)CC2)c1. The van der Waals surface area contributed by atoms with Crippen LogP contribution in [0, 0.1) is 0 Å². The largest absolute Gasteiger partial charge is 0.497 e. The Morgan fingerprint density at radius 1 is 1.17 bits per heavy atom. The summed E-state index contributed by atoms with van der Waals surface area (Å²) in [4.78, 5) is 15.9. The van der Waals surface area contributed by atoms with Crippen LogP contribution < -0.4 is 9.64 Å². The fourth-order valence-electron chi connectivity index (χ4n) is 3.98. The minimum atomic E-state index is -0.744. The molecule has 1 heterocycles. The highest BCUT2D eigenvalue weighted by Crippen LogP contribution is 2.26. The van der Waals surface area contributed by atoms with E-state index in [0.717, 1.165) is 49.7 Å². The van der Waals surface area contributed by atoms with Gasteiger partial charge in [-0.1, -0.05) is 29.8 Å². The maximum absolute atomic E-state index is 11.1. The average molecular weight is 417 g/mol. The molecule has 5 nitrogen and oxygen atoms in total. The Balaban J connectivity index is 1.60. The lowest BCUT2D eigenvalue weighted by molar-refractivity contribution is -0.137. The Bertz CT molecular complexity index is 806. The smallest absolute Gasteiger partial charge is 0.304 e. The molecule has 0 radical (unpaired) electrons. The maximum atomic E-state index is 11.1. The number of ether oxygens (including phenoxy) is 1. The van der Waals surface area contributed by atoms with Crippen LogP contribution in [0.1, 0.15) is 24.8 Å². The van der Waals surface area contributed by atoms with Gasteiger partial charge in [0.15, 0.2) is 0 Å². The second-order valence-electron chi connectivity index (χ2n) is 7.48. The third-order valence-electron chi connectivity index (χ3n) is 5.59. The molecule has 2 aromatic carbocycles. The molecule has 1 aliphatic rings. The predicted octanol–water partition coefficient (Wildman–Crippen LogP) is 4.34.